The van der Waals surface area contributed by atoms with E-state index in [9.17, 15) is 4.79 Å². The number of ether oxygens (including phenoxy) is 2. The fourth-order valence-electron chi connectivity index (χ4n) is 2.28. The lowest BCUT2D eigenvalue weighted by Gasteiger charge is -2.30. The van der Waals surface area contributed by atoms with Crippen LogP contribution in [0, 0.1) is 5.92 Å². The Labute approximate surface area is 104 Å². The van der Waals surface area contributed by atoms with Crippen LogP contribution in [0.4, 0.5) is 4.79 Å². The molecule has 0 aromatic rings. The van der Waals surface area contributed by atoms with Crippen molar-refractivity contribution >= 4 is 6.09 Å². The molecule has 4 nitrogen and oxygen atoms in total. The van der Waals surface area contributed by atoms with Crippen molar-refractivity contribution in [3.63, 3.8) is 0 Å². The summed E-state index contributed by atoms with van der Waals surface area (Å²) in [5, 5.41) is 2.95. The summed E-state index contributed by atoms with van der Waals surface area (Å²) >= 11 is 0. The molecule has 4 heteroatoms. The maximum absolute atomic E-state index is 11.6. The van der Waals surface area contributed by atoms with E-state index in [1.165, 1.54) is 6.42 Å². The molecule has 1 aliphatic rings. The van der Waals surface area contributed by atoms with E-state index in [-0.39, 0.29) is 12.1 Å². The number of nitrogens with one attached hydrogen (secondary N) is 1. The van der Waals surface area contributed by atoms with Gasteiger partial charge in [-0.25, -0.2) is 4.79 Å². The van der Waals surface area contributed by atoms with Crippen LogP contribution in [0.15, 0.2) is 0 Å². The van der Waals surface area contributed by atoms with Gasteiger partial charge in [-0.15, -0.1) is 0 Å². The van der Waals surface area contributed by atoms with Crippen LogP contribution < -0.4 is 5.32 Å². The maximum atomic E-state index is 11.6. The smallest absolute Gasteiger partial charge is 0.407 e. The van der Waals surface area contributed by atoms with Crippen molar-refractivity contribution in [3.05, 3.63) is 0 Å². The van der Waals surface area contributed by atoms with Crippen molar-refractivity contribution in [2.24, 2.45) is 5.92 Å². The lowest BCUT2D eigenvalue weighted by atomic mass is 9.86. The molecule has 0 saturated heterocycles. The Morgan fingerprint density at radius 2 is 2.06 bits per heavy atom. The zero-order chi connectivity index (χ0) is 12.9. The maximum Gasteiger partial charge on any atom is 0.407 e. The van der Waals surface area contributed by atoms with E-state index >= 15 is 0 Å². The Hall–Kier alpha value is -0.770. The predicted octanol–water partition coefficient (Wildman–Crippen LogP) is 2.72. The molecule has 0 aromatic heterocycles. The Bertz CT molecular complexity index is 246. The number of hydrogen-bond donors (Lipinski definition) is 1. The molecule has 0 bridgehead atoms. The van der Waals surface area contributed by atoms with Crippen LogP contribution in [0.25, 0.3) is 0 Å². The molecular weight excluding hydrogens is 218 g/mol. The van der Waals surface area contributed by atoms with Crippen LogP contribution >= 0.6 is 0 Å². The molecule has 0 aliphatic heterocycles. The molecule has 0 aromatic carbocycles. The van der Waals surface area contributed by atoms with Gasteiger partial charge >= 0.3 is 6.09 Å². The highest BCUT2D eigenvalue weighted by atomic mass is 16.6. The van der Waals surface area contributed by atoms with Crippen molar-refractivity contribution in [1.29, 1.82) is 0 Å². The van der Waals surface area contributed by atoms with Gasteiger partial charge in [-0.3, -0.25) is 0 Å². The summed E-state index contributed by atoms with van der Waals surface area (Å²) in [6.07, 6.45) is 4.07. The van der Waals surface area contributed by atoms with Gasteiger partial charge in [0.2, 0.25) is 0 Å². The van der Waals surface area contributed by atoms with Crippen LogP contribution in [0.3, 0.4) is 0 Å². The van der Waals surface area contributed by atoms with Crippen molar-refractivity contribution < 1.29 is 14.3 Å². The fourth-order valence-corrected chi connectivity index (χ4v) is 2.28. The standard InChI is InChI=1S/C13H25NO3/c1-13(2,3)17-12(15)14-11-7-5-6-10(8-11)9-16-4/h10-11H,5-9H2,1-4H3,(H,14,15). The molecule has 0 radical (unpaired) electrons. The summed E-state index contributed by atoms with van der Waals surface area (Å²) in [7, 11) is 1.73. The molecule has 1 N–H and O–H groups in total. The molecule has 100 valence electrons. The normalized spacial score (nSPS) is 25.4. The lowest BCUT2D eigenvalue weighted by molar-refractivity contribution is 0.0467. The Balaban J connectivity index is 2.33. The molecule has 2 unspecified atom stereocenters. The monoisotopic (exact) mass is 243 g/mol. The van der Waals surface area contributed by atoms with Crippen LogP contribution in [0.5, 0.6) is 0 Å². The Kier molecular flexibility index (Phi) is 5.25. The molecule has 1 aliphatic carbocycles. The second-order valence-electron chi connectivity index (χ2n) is 5.83. The quantitative estimate of drug-likeness (QED) is 0.829. The zero-order valence-corrected chi connectivity index (χ0v) is 11.4. The van der Waals surface area contributed by atoms with Crippen LogP contribution in [0.1, 0.15) is 46.5 Å². The summed E-state index contributed by atoms with van der Waals surface area (Å²) in [6.45, 7) is 6.41. The topological polar surface area (TPSA) is 47.6 Å². The van der Waals surface area contributed by atoms with E-state index in [0.29, 0.717) is 5.92 Å². The van der Waals surface area contributed by atoms with E-state index in [1.54, 1.807) is 7.11 Å². The first-order chi connectivity index (χ1) is 7.90. The third-order valence-corrected chi connectivity index (χ3v) is 2.91. The summed E-state index contributed by atoms with van der Waals surface area (Å²) in [4.78, 5) is 11.6. The van der Waals surface area contributed by atoms with Gasteiger partial charge in [0.05, 0.1) is 0 Å². The average molecular weight is 243 g/mol. The van der Waals surface area contributed by atoms with Crippen LogP contribution in [0.2, 0.25) is 0 Å². The Morgan fingerprint density at radius 3 is 2.65 bits per heavy atom. The lowest BCUT2D eigenvalue weighted by Crippen LogP contribution is -2.42. The Morgan fingerprint density at radius 1 is 1.35 bits per heavy atom. The number of amides is 1. The summed E-state index contributed by atoms with van der Waals surface area (Å²) in [5.74, 6) is 0.564. The molecule has 0 spiro atoms. The minimum Gasteiger partial charge on any atom is -0.444 e. The molecule has 1 amide bonds. The first kappa shape index (κ1) is 14.3. The summed E-state index contributed by atoms with van der Waals surface area (Å²) in [6, 6.07) is 0.235. The van der Waals surface area contributed by atoms with E-state index in [2.05, 4.69) is 5.32 Å². The van der Waals surface area contributed by atoms with Gasteiger partial charge in [-0.2, -0.15) is 0 Å². The highest BCUT2D eigenvalue weighted by Crippen LogP contribution is 2.24. The van der Waals surface area contributed by atoms with Crippen molar-refractivity contribution in [3.8, 4) is 0 Å². The third kappa shape index (κ3) is 5.91. The SMILES string of the molecule is COCC1CCCC(NC(=O)OC(C)(C)C)C1. The molecule has 2 atom stereocenters. The van der Waals surface area contributed by atoms with Crippen LogP contribution in [-0.2, 0) is 9.47 Å². The predicted molar refractivity (Wildman–Crippen MR) is 67.0 cm³/mol. The number of hydrogen-bond acceptors (Lipinski definition) is 3. The van der Waals surface area contributed by atoms with E-state index < -0.39 is 5.60 Å². The van der Waals surface area contributed by atoms with Crippen LogP contribution in [-0.4, -0.2) is 31.5 Å². The molecular formula is C13H25NO3. The number of rotatable bonds is 3. The minimum atomic E-state index is -0.426. The summed E-state index contributed by atoms with van der Waals surface area (Å²) in [5.41, 5.74) is -0.426. The first-order valence-corrected chi connectivity index (χ1v) is 6.39. The molecule has 17 heavy (non-hydrogen) atoms. The number of carbonyl (C=O) groups excluding carboxylic acids is 1. The van der Waals surface area contributed by atoms with E-state index in [4.69, 9.17) is 9.47 Å². The number of methoxy groups -OCH3 is 1. The van der Waals surface area contributed by atoms with Gasteiger partial charge in [0.15, 0.2) is 0 Å². The zero-order valence-electron chi connectivity index (χ0n) is 11.4. The minimum absolute atomic E-state index is 0.235. The van der Waals surface area contributed by atoms with Gasteiger partial charge in [-0.1, -0.05) is 6.42 Å². The number of alkyl carbamates (subject to hydrolysis) is 1. The van der Waals surface area contributed by atoms with Gasteiger partial charge in [0.25, 0.3) is 0 Å². The molecule has 1 saturated carbocycles. The fraction of sp³-hybridized carbons (Fsp3) is 0.923. The van der Waals surface area contributed by atoms with Gasteiger partial charge in [0, 0.05) is 19.8 Å². The molecule has 1 fully saturated rings. The third-order valence-electron chi connectivity index (χ3n) is 2.91. The van der Waals surface area contributed by atoms with Crippen molar-refractivity contribution in [2.75, 3.05) is 13.7 Å². The highest BCUT2D eigenvalue weighted by molar-refractivity contribution is 5.68. The van der Waals surface area contributed by atoms with Crippen molar-refractivity contribution in [2.45, 2.75) is 58.1 Å². The van der Waals surface area contributed by atoms with E-state index in [1.807, 2.05) is 20.8 Å². The van der Waals surface area contributed by atoms with Gasteiger partial charge in [-0.05, 0) is 46.0 Å². The molecule has 0 heterocycles. The highest BCUT2D eigenvalue weighted by Gasteiger charge is 2.25. The largest absolute Gasteiger partial charge is 0.444 e. The molecule has 1 rings (SSSR count). The summed E-state index contributed by atoms with van der Waals surface area (Å²) < 4.78 is 10.4. The van der Waals surface area contributed by atoms with Gasteiger partial charge < -0.3 is 14.8 Å². The van der Waals surface area contributed by atoms with E-state index in [0.717, 1.165) is 25.9 Å². The second kappa shape index (κ2) is 6.24. The second-order valence-corrected chi connectivity index (χ2v) is 5.83. The number of carbonyl (C=O) groups is 1. The van der Waals surface area contributed by atoms with Gasteiger partial charge in [0.1, 0.15) is 5.60 Å². The average Bonchev–Trinajstić information content (AvgIpc) is 2.15. The first-order valence-electron chi connectivity index (χ1n) is 6.39. The van der Waals surface area contributed by atoms with Crippen molar-refractivity contribution in [1.82, 2.24) is 5.32 Å².